The molecule has 184 valence electrons. The Morgan fingerprint density at radius 2 is 1.89 bits per heavy atom. The molecule has 2 fully saturated rings. The monoisotopic (exact) mass is 499 g/mol. The molecule has 12 heteroatoms. The van der Waals surface area contributed by atoms with Gasteiger partial charge in [-0.25, -0.2) is 13.4 Å². The Labute approximate surface area is 202 Å². The summed E-state index contributed by atoms with van der Waals surface area (Å²) in [5.74, 6) is 1.99. The van der Waals surface area contributed by atoms with Gasteiger partial charge in [0.1, 0.15) is 17.6 Å². The van der Waals surface area contributed by atoms with Gasteiger partial charge in [-0.1, -0.05) is 23.4 Å². The first-order valence-electron chi connectivity index (χ1n) is 11.3. The molecule has 11 nitrogen and oxygen atoms in total. The third-order valence-electron chi connectivity index (χ3n) is 5.96. The molecule has 4 heterocycles. The van der Waals surface area contributed by atoms with E-state index in [0.29, 0.717) is 49.2 Å². The maximum absolute atomic E-state index is 12.9. The van der Waals surface area contributed by atoms with Gasteiger partial charge in [0.05, 0.1) is 24.7 Å². The SMILES string of the molecule is O=C(COc1ccccc1)N1CCOCC1c1nc(-c2ccc(N3CCS(=O)(=O)CC3)nc2)no1. The number of anilines is 1. The summed E-state index contributed by atoms with van der Waals surface area (Å²) >= 11 is 0. The second kappa shape index (κ2) is 10.0. The summed E-state index contributed by atoms with van der Waals surface area (Å²) in [5, 5.41) is 4.07. The topological polar surface area (TPSA) is 128 Å². The number of carbonyl (C=O) groups is 1. The van der Waals surface area contributed by atoms with Gasteiger partial charge < -0.3 is 23.8 Å². The van der Waals surface area contributed by atoms with Gasteiger partial charge in [0.2, 0.25) is 5.82 Å². The van der Waals surface area contributed by atoms with Gasteiger partial charge in [0.25, 0.3) is 11.8 Å². The molecule has 1 amide bonds. The van der Waals surface area contributed by atoms with E-state index in [1.807, 2.05) is 35.2 Å². The first kappa shape index (κ1) is 23.2. The molecule has 3 aromatic rings. The average Bonchev–Trinajstić information content (AvgIpc) is 3.38. The largest absolute Gasteiger partial charge is 0.484 e. The van der Waals surface area contributed by atoms with E-state index in [1.54, 1.807) is 23.2 Å². The van der Waals surface area contributed by atoms with Crippen molar-refractivity contribution in [3.05, 3.63) is 54.6 Å². The fourth-order valence-electron chi connectivity index (χ4n) is 3.99. The lowest BCUT2D eigenvalue weighted by Crippen LogP contribution is -2.45. The Morgan fingerprint density at radius 1 is 1.09 bits per heavy atom. The van der Waals surface area contributed by atoms with E-state index >= 15 is 0 Å². The number of carbonyl (C=O) groups excluding carboxylic acids is 1. The molecule has 35 heavy (non-hydrogen) atoms. The minimum Gasteiger partial charge on any atom is -0.484 e. The van der Waals surface area contributed by atoms with Crippen molar-refractivity contribution >= 4 is 21.6 Å². The number of nitrogens with zero attached hydrogens (tertiary/aromatic N) is 5. The van der Waals surface area contributed by atoms with Crippen LogP contribution in [0.2, 0.25) is 0 Å². The van der Waals surface area contributed by atoms with Gasteiger partial charge in [-0.3, -0.25) is 4.79 Å². The van der Waals surface area contributed by atoms with Crippen molar-refractivity contribution in [3.63, 3.8) is 0 Å². The van der Waals surface area contributed by atoms with Gasteiger partial charge >= 0.3 is 0 Å². The Morgan fingerprint density at radius 3 is 2.63 bits per heavy atom. The lowest BCUT2D eigenvalue weighted by Gasteiger charge is -2.33. The summed E-state index contributed by atoms with van der Waals surface area (Å²) < 4.78 is 40.0. The quantitative estimate of drug-likeness (QED) is 0.490. The van der Waals surface area contributed by atoms with Crippen LogP contribution in [0.4, 0.5) is 5.82 Å². The van der Waals surface area contributed by atoms with Crippen molar-refractivity contribution in [1.82, 2.24) is 20.0 Å². The molecule has 1 aromatic carbocycles. The molecule has 0 spiro atoms. The first-order valence-corrected chi connectivity index (χ1v) is 13.1. The second-order valence-corrected chi connectivity index (χ2v) is 10.6. The molecular formula is C23H25N5O6S. The summed E-state index contributed by atoms with van der Waals surface area (Å²) in [6, 6.07) is 12.3. The molecule has 2 aliphatic rings. The molecule has 0 aliphatic carbocycles. The van der Waals surface area contributed by atoms with Crippen LogP contribution in [0.5, 0.6) is 5.75 Å². The standard InChI is InChI=1S/C23H25N5O6S/c29-21(16-33-18-4-2-1-3-5-18)28-8-11-32-15-19(28)23-25-22(26-34-23)17-6-7-20(24-14-17)27-9-12-35(30,31)13-10-27/h1-7,14,19H,8-13,15-16H2. The van der Waals surface area contributed by atoms with Crippen LogP contribution in [0.25, 0.3) is 11.4 Å². The maximum Gasteiger partial charge on any atom is 0.261 e. The molecular weight excluding hydrogens is 474 g/mol. The van der Waals surface area contributed by atoms with E-state index in [0.717, 1.165) is 0 Å². The van der Waals surface area contributed by atoms with Crippen molar-refractivity contribution in [1.29, 1.82) is 0 Å². The fraction of sp³-hybridized carbons (Fsp3) is 0.391. The van der Waals surface area contributed by atoms with Crippen LogP contribution in [0.1, 0.15) is 11.9 Å². The molecule has 2 aromatic heterocycles. The van der Waals surface area contributed by atoms with Crippen molar-refractivity contribution in [2.45, 2.75) is 6.04 Å². The van der Waals surface area contributed by atoms with Crippen LogP contribution in [0.15, 0.2) is 53.2 Å². The predicted molar refractivity (Wildman–Crippen MR) is 126 cm³/mol. The molecule has 0 N–H and O–H groups in total. The minimum absolute atomic E-state index is 0.106. The number of para-hydroxylation sites is 1. The van der Waals surface area contributed by atoms with Gasteiger partial charge in [-0.05, 0) is 24.3 Å². The van der Waals surface area contributed by atoms with E-state index in [4.69, 9.17) is 14.0 Å². The summed E-state index contributed by atoms with van der Waals surface area (Å²) in [6.45, 7) is 1.78. The Balaban J connectivity index is 1.25. The number of pyridine rings is 1. The highest BCUT2D eigenvalue weighted by molar-refractivity contribution is 7.91. The van der Waals surface area contributed by atoms with E-state index in [-0.39, 0.29) is 36.5 Å². The molecule has 1 atom stereocenters. The van der Waals surface area contributed by atoms with Gasteiger partial charge in [0, 0.05) is 31.4 Å². The highest BCUT2D eigenvalue weighted by Crippen LogP contribution is 2.26. The maximum atomic E-state index is 12.9. The number of amides is 1. The number of hydrogen-bond acceptors (Lipinski definition) is 10. The fourth-order valence-corrected chi connectivity index (χ4v) is 5.19. The molecule has 2 saturated heterocycles. The predicted octanol–water partition coefficient (Wildman–Crippen LogP) is 1.35. The summed E-state index contributed by atoms with van der Waals surface area (Å²) in [5.41, 5.74) is 0.649. The molecule has 0 radical (unpaired) electrons. The lowest BCUT2D eigenvalue weighted by molar-refractivity contribution is -0.143. The summed E-state index contributed by atoms with van der Waals surface area (Å²) in [4.78, 5) is 25.4. The van der Waals surface area contributed by atoms with Gasteiger partial charge in [-0.15, -0.1) is 0 Å². The number of morpholine rings is 1. The molecule has 0 saturated carbocycles. The highest BCUT2D eigenvalue weighted by atomic mass is 32.2. The van der Waals surface area contributed by atoms with Crippen LogP contribution in [-0.4, -0.2) is 85.3 Å². The van der Waals surface area contributed by atoms with Crippen LogP contribution in [0, 0.1) is 0 Å². The van der Waals surface area contributed by atoms with Crippen LogP contribution in [0.3, 0.4) is 0 Å². The normalized spacial score (nSPS) is 19.9. The van der Waals surface area contributed by atoms with E-state index in [9.17, 15) is 13.2 Å². The van der Waals surface area contributed by atoms with Crippen molar-refractivity contribution in [3.8, 4) is 17.1 Å². The highest BCUT2D eigenvalue weighted by Gasteiger charge is 2.33. The van der Waals surface area contributed by atoms with E-state index in [2.05, 4.69) is 15.1 Å². The molecule has 0 bridgehead atoms. The first-order chi connectivity index (χ1) is 17.0. The second-order valence-electron chi connectivity index (χ2n) is 8.28. The smallest absolute Gasteiger partial charge is 0.261 e. The average molecular weight is 500 g/mol. The van der Waals surface area contributed by atoms with Crippen LogP contribution < -0.4 is 9.64 Å². The van der Waals surface area contributed by atoms with Crippen LogP contribution in [-0.2, 0) is 19.4 Å². The number of rotatable bonds is 6. The lowest BCUT2D eigenvalue weighted by atomic mass is 10.2. The van der Waals surface area contributed by atoms with Crippen molar-refractivity contribution < 1.29 is 27.2 Å². The zero-order chi connectivity index (χ0) is 24.3. The number of hydrogen-bond donors (Lipinski definition) is 0. The third-order valence-corrected chi connectivity index (χ3v) is 7.56. The molecule has 2 aliphatic heterocycles. The number of aromatic nitrogens is 3. The van der Waals surface area contributed by atoms with E-state index in [1.165, 1.54) is 0 Å². The Bertz CT molecular complexity index is 1250. The zero-order valence-electron chi connectivity index (χ0n) is 18.9. The molecule has 5 rings (SSSR count). The van der Waals surface area contributed by atoms with Crippen molar-refractivity contribution in [2.24, 2.45) is 0 Å². The Hall–Kier alpha value is -3.51. The number of ether oxygens (including phenoxy) is 2. The van der Waals surface area contributed by atoms with Gasteiger partial charge in [-0.2, -0.15) is 4.98 Å². The molecule has 1 unspecified atom stereocenters. The number of sulfone groups is 1. The van der Waals surface area contributed by atoms with E-state index < -0.39 is 15.9 Å². The summed E-state index contributed by atoms with van der Waals surface area (Å²) in [7, 11) is -2.96. The zero-order valence-corrected chi connectivity index (χ0v) is 19.8. The Kier molecular flexibility index (Phi) is 6.64. The summed E-state index contributed by atoms with van der Waals surface area (Å²) in [6.07, 6.45) is 1.63. The third kappa shape index (κ3) is 5.43. The minimum atomic E-state index is -2.96. The number of benzene rings is 1. The van der Waals surface area contributed by atoms with Crippen LogP contribution >= 0.6 is 0 Å². The van der Waals surface area contributed by atoms with Crippen molar-refractivity contribution in [2.75, 3.05) is 55.9 Å². The van der Waals surface area contributed by atoms with Gasteiger partial charge in [0.15, 0.2) is 16.4 Å².